The molecule has 3 unspecified atom stereocenters. The topological polar surface area (TPSA) is 12.0 Å². The van der Waals surface area contributed by atoms with Gasteiger partial charge in [0.25, 0.3) is 0 Å². The van der Waals surface area contributed by atoms with E-state index in [2.05, 4.69) is 12.2 Å². The van der Waals surface area contributed by atoms with Crippen LogP contribution in [0.1, 0.15) is 71.1 Å². The van der Waals surface area contributed by atoms with Gasteiger partial charge in [-0.05, 0) is 55.5 Å². The Balaban J connectivity index is 1.76. The SMILES string of the molecule is CC1CCCC2(CCNCC2C2CCCC2)CC1. The van der Waals surface area contributed by atoms with Crippen molar-refractivity contribution in [1.82, 2.24) is 5.32 Å². The number of nitrogens with one attached hydrogen (secondary N) is 1. The van der Waals surface area contributed by atoms with E-state index in [0.29, 0.717) is 0 Å². The van der Waals surface area contributed by atoms with Gasteiger partial charge in [0.05, 0.1) is 0 Å². The van der Waals surface area contributed by atoms with Crippen molar-refractivity contribution < 1.29 is 0 Å². The van der Waals surface area contributed by atoms with E-state index in [1.165, 1.54) is 70.9 Å². The summed E-state index contributed by atoms with van der Waals surface area (Å²) < 4.78 is 0. The highest BCUT2D eigenvalue weighted by Gasteiger charge is 2.44. The highest BCUT2D eigenvalue weighted by atomic mass is 14.9. The van der Waals surface area contributed by atoms with E-state index in [-0.39, 0.29) is 0 Å². The predicted molar refractivity (Wildman–Crippen MR) is 77.6 cm³/mol. The maximum Gasteiger partial charge on any atom is -0.00125 e. The molecule has 104 valence electrons. The van der Waals surface area contributed by atoms with Crippen LogP contribution >= 0.6 is 0 Å². The lowest BCUT2D eigenvalue weighted by Crippen LogP contribution is -2.47. The zero-order valence-electron chi connectivity index (χ0n) is 12.2. The smallest absolute Gasteiger partial charge is 0.00125 e. The summed E-state index contributed by atoms with van der Waals surface area (Å²) in [5, 5.41) is 3.71. The average Bonchev–Trinajstić information content (AvgIpc) is 2.84. The minimum Gasteiger partial charge on any atom is -0.316 e. The fourth-order valence-corrected chi connectivity index (χ4v) is 5.25. The quantitative estimate of drug-likeness (QED) is 0.727. The number of hydrogen-bond acceptors (Lipinski definition) is 1. The van der Waals surface area contributed by atoms with E-state index in [4.69, 9.17) is 0 Å². The molecule has 0 aromatic carbocycles. The Kier molecular flexibility index (Phi) is 3.98. The molecule has 1 heteroatoms. The fourth-order valence-electron chi connectivity index (χ4n) is 5.25. The Morgan fingerprint density at radius 1 is 0.889 bits per heavy atom. The Bertz CT molecular complexity index is 269. The van der Waals surface area contributed by atoms with E-state index in [9.17, 15) is 0 Å². The first kappa shape index (κ1) is 13.0. The summed E-state index contributed by atoms with van der Waals surface area (Å²) in [6.45, 7) is 5.10. The van der Waals surface area contributed by atoms with Gasteiger partial charge in [0.2, 0.25) is 0 Å². The lowest BCUT2D eigenvalue weighted by molar-refractivity contribution is 0.0432. The van der Waals surface area contributed by atoms with Crippen molar-refractivity contribution in [2.24, 2.45) is 23.2 Å². The van der Waals surface area contributed by atoms with Gasteiger partial charge in [-0.1, -0.05) is 51.9 Å². The summed E-state index contributed by atoms with van der Waals surface area (Å²) in [6, 6.07) is 0. The largest absolute Gasteiger partial charge is 0.316 e. The molecule has 3 fully saturated rings. The van der Waals surface area contributed by atoms with Gasteiger partial charge in [0.15, 0.2) is 0 Å². The molecule has 0 aromatic rings. The Morgan fingerprint density at radius 3 is 2.56 bits per heavy atom. The third-order valence-corrected chi connectivity index (χ3v) is 6.43. The molecule has 1 heterocycles. The second-order valence-corrected chi connectivity index (χ2v) is 7.50. The molecule has 1 nitrogen and oxygen atoms in total. The molecular formula is C17H31N. The third-order valence-electron chi connectivity index (χ3n) is 6.43. The molecule has 18 heavy (non-hydrogen) atoms. The molecule has 3 rings (SSSR count). The summed E-state index contributed by atoms with van der Waals surface area (Å²) in [6.07, 6.45) is 15.1. The average molecular weight is 249 g/mol. The number of rotatable bonds is 1. The van der Waals surface area contributed by atoms with Gasteiger partial charge in [-0.3, -0.25) is 0 Å². The molecule has 1 spiro atoms. The molecule has 2 saturated carbocycles. The van der Waals surface area contributed by atoms with Crippen LogP contribution in [0, 0.1) is 23.2 Å². The number of piperidine rings is 1. The van der Waals surface area contributed by atoms with Gasteiger partial charge >= 0.3 is 0 Å². The monoisotopic (exact) mass is 249 g/mol. The molecule has 3 atom stereocenters. The predicted octanol–water partition coefficient (Wildman–Crippen LogP) is 4.37. The standard InChI is InChI=1S/C17H31N/c1-14-5-4-9-17(10-8-14)11-12-18-13-16(17)15-6-2-3-7-15/h14-16,18H,2-13H2,1H3. The summed E-state index contributed by atoms with van der Waals surface area (Å²) in [5.74, 6) is 3.06. The first-order valence-electron chi connectivity index (χ1n) is 8.51. The lowest BCUT2D eigenvalue weighted by Gasteiger charge is -2.47. The van der Waals surface area contributed by atoms with Crippen LogP contribution in [-0.2, 0) is 0 Å². The molecule has 0 bridgehead atoms. The molecule has 3 aliphatic rings. The minimum absolute atomic E-state index is 0.741. The van der Waals surface area contributed by atoms with Gasteiger partial charge in [0, 0.05) is 0 Å². The summed E-state index contributed by atoms with van der Waals surface area (Å²) in [5.41, 5.74) is 0.741. The molecule has 1 N–H and O–H groups in total. The second-order valence-electron chi connectivity index (χ2n) is 7.50. The molecule has 2 aliphatic carbocycles. The molecular weight excluding hydrogens is 218 g/mol. The first-order valence-corrected chi connectivity index (χ1v) is 8.51. The fraction of sp³-hybridized carbons (Fsp3) is 1.00. The van der Waals surface area contributed by atoms with Gasteiger partial charge in [0.1, 0.15) is 0 Å². The van der Waals surface area contributed by atoms with E-state index < -0.39 is 0 Å². The van der Waals surface area contributed by atoms with Crippen LogP contribution in [0.15, 0.2) is 0 Å². The summed E-state index contributed by atoms with van der Waals surface area (Å²) in [7, 11) is 0. The maximum absolute atomic E-state index is 3.71. The maximum atomic E-state index is 3.71. The van der Waals surface area contributed by atoms with Crippen molar-refractivity contribution in [3.63, 3.8) is 0 Å². The molecule has 0 radical (unpaired) electrons. The van der Waals surface area contributed by atoms with E-state index in [1.54, 1.807) is 6.42 Å². The summed E-state index contributed by atoms with van der Waals surface area (Å²) >= 11 is 0. The van der Waals surface area contributed by atoms with Gasteiger partial charge in [-0.25, -0.2) is 0 Å². The normalized spacial score (nSPS) is 43.2. The van der Waals surface area contributed by atoms with E-state index >= 15 is 0 Å². The van der Waals surface area contributed by atoms with Crippen molar-refractivity contribution in [2.45, 2.75) is 71.1 Å². The number of hydrogen-bond donors (Lipinski definition) is 1. The zero-order valence-corrected chi connectivity index (χ0v) is 12.2. The van der Waals surface area contributed by atoms with Crippen molar-refractivity contribution in [2.75, 3.05) is 13.1 Å². The van der Waals surface area contributed by atoms with Crippen molar-refractivity contribution in [3.05, 3.63) is 0 Å². The van der Waals surface area contributed by atoms with Crippen LogP contribution < -0.4 is 5.32 Å². The minimum atomic E-state index is 0.741. The summed E-state index contributed by atoms with van der Waals surface area (Å²) in [4.78, 5) is 0. The van der Waals surface area contributed by atoms with Crippen molar-refractivity contribution in [1.29, 1.82) is 0 Å². The van der Waals surface area contributed by atoms with Crippen LogP contribution in [0.4, 0.5) is 0 Å². The van der Waals surface area contributed by atoms with Crippen molar-refractivity contribution in [3.8, 4) is 0 Å². The Morgan fingerprint density at radius 2 is 1.72 bits per heavy atom. The third kappa shape index (κ3) is 2.48. The van der Waals surface area contributed by atoms with Gasteiger partial charge < -0.3 is 5.32 Å². The molecule has 0 aromatic heterocycles. The van der Waals surface area contributed by atoms with Crippen LogP contribution in [0.2, 0.25) is 0 Å². The first-order chi connectivity index (χ1) is 8.80. The van der Waals surface area contributed by atoms with Crippen LogP contribution in [0.25, 0.3) is 0 Å². The lowest BCUT2D eigenvalue weighted by atomic mass is 9.61. The van der Waals surface area contributed by atoms with E-state index in [1.807, 2.05) is 0 Å². The van der Waals surface area contributed by atoms with Crippen LogP contribution in [-0.4, -0.2) is 13.1 Å². The zero-order chi connectivity index (χ0) is 12.4. The van der Waals surface area contributed by atoms with Gasteiger partial charge in [-0.2, -0.15) is 0 Å². The second kappa shape index (κ2) is 5.53. The highest BCUT2D eigenvalue weighted by Crippen LogP contribution is 2.52. The Hall–Kier alpha value is -0.0400. The van der Waals surface area contributed by atoms with Gasteiger partial charge in [-0.15, -0.1) is 0 Å². The van der Waals surface area contributed by atoms with Crippen LogP contribution in [0.3, 0.4) is 0 Å². The Labute approximate surface area is 113 Å². The van der Waals surface area contributed by atoms with Crippen molar-refractivity contribution >= 4 is 0 Å². The van der Waals surface area contributed by atoms with E-state index in [0.717, 1.165) is 23.2 Å². The molecule has 0 amide bonds. The highest BCUT2D eigenvalue weighted by molar-refractivity contribution is 4.97. The molecule has 1 aliphatic heterocycles. The van der Waals surface area contributed by atoms with Crippen LogP contribution in [0.5, 0.6) is 0 Å². The molecule has 1 saturated heterocycles.